The fraction of sp³-hybridized carbons (Fsp3) is 0.167. The summed E-state index contributed by atoms with van der Waals surface area (Å²) in [7, 11) is 0. The van der Waals surface area contributed by atoms with Gasteiger partial charge in [-0.3, -0.25) is 10.1 Å². The van der Waals surface area contributed by atoms with Gasteiger partial charge in [-0.1, -0.05) is 17.7 Å². The van der Waals surface area contributed by atoms with Gasteiger partial charge < -0.3 is 20.0 Å². The zero-order valence-electron chi connectivity index (χ0n) is 14.0. The maximum Gasteiger partial charge on any atom is 0.257 e. The number of rotatable bonds is 5. The quantitative estimate of drug-likeness (QED) is 0.761. The number of halogens is 1. The van der Waals surface area contributed by atoms with Gasteiger partial charge in [-0.25, -0.2) is 0 Å². The molecule has 0 atom stereocenters. The molecule has 0 radical (unpaired) electrons. The van der Waals surface area contributed by atoms with Crippen molar-refractivity contribution in [3.8, 4) is 5.75 Å². The first-order valence-corrected chi connectivity index (χ1v) is 8.45. The van der Waals surface area contributed by atoms with Crippen LogP contribution in [-0.4, -0.2) is 23.1 Å². The zero-order valence-corrected chi connectivity index (χ0v) is 15.6. The van der Waals surface area contributed by atoms with E-state index in [0.717, 1.165) is 0 Å². The topological polar surface area (TPSA) is 90.5 Å². The summed E-state index contributed by atoms with van der Waals surface area (Å²) in [6, 6.07) is 10.9. The normalized spacial score (nSPS) is 10.3. The van der Waals surface area contributed by atoms with Gasteiger partial charge in [0.25, 0.3) is 5.91 Å². The number of carboxylic acid groups (broad SMARTS) is 1. The highest BCUT2D eigenvalue weighted by Crippen LogP contribution is 2.20. The molecule has 2 aromatic rings. The summed E-state index contributed by atoms with van der Waals surface area (Å²) < 4.78 is 5.55. The van der Waals surface area contributed by atoms with Gasteiger partial charge in [-0.05, 0) is 62.5 Å². The SMILES string of the molecule is CC(C)Oc1cccc(C(=O)NC(=S)Nc2ccc(Cl)c(C(=O)[O-])c2)c1. The first-order valence-electron chi connectivity index (χ1n) is 7.66. The average molecular weight is 392 g/mol. The number of carboxylic acids is 1. The molecule has 6 nitrogen and oxygen atoms in total. The molecular weight excluding hydrogens is 376 g/mol. The number of carbonyl (C=O) groups is 2. The average Bonchev–Trinajstić information content (AvgIpc) is 2.56. The van der Waals surface area contributed by atoms with E-state index < -0.39 is 11.9 Å². The van der Waals surface area contributed by atoms with Crippen molar-refractivity contribution in [2.24, 2.45) is 0 Å². The Bertz CT molecular complexity index is 855. The largest absolute Gasteiger partial charge is 0.545 e. The minimum absolute atomic E-state index is 0.0109. The van der Waals surface area contributed by atoms with Crippen LogP contribution in [0.25, 0.3) is 0 Å². The predicted octanol–water partition coefficient (Wildman–Crippen LogP) is 2.62. The van der Waals surface area contributed by atoms with Gasteiger partial charge in [0.05, 0.1) is 12.1 Å². The number of anilines is 1. The van der Waals surface area contributed by atoms with Crippen LogP contribution in [-0.2, 0) is 0 Å². The van der Waals surface area contributed by atoms with Crippen LogP contribution >= 0.6 is 23.8 Å². The van der Waals surface area contributed by atoms with Crippen molar-refractivity contribution in [2.75, 3.05) is 5.32 Å². The van der Waals surface area contributed by atoms with E-state index in [1.54, 1.807) is 24.3 Å². The van der Waals surface area contributed by atoms with Crippen molar-refractivity contribution in [3.05, 3.63) is 58.6 Å². The Morgan fingerprint density at radius 1 is 1.19 bits per heavy atom. The van der Waals surface area contributed by atoms with E-state index in [-0.39, 0.29) is 21.8 Å². The Balaban J connectivity index is 2.05. The number of hydrogen-bond donors (Lipinski definition) is 2. The fourth-order valence-electron chi connectivity index (χ4n) is 2.08. The van der Waals surface area contributed by atoms with E-state index in [1.165, 1.54) is 18.2 Å². The molecule has 0 saturated heterocycles. The molecule has 0 aliphatic rings. The number of aromatic carboxylic acids is 1. The maximum absolute atomic E-state index is 12.3. The van der Waals surface area contributed by atoms with Crippen LogP contribution in [0.3, 0.4) is 0 Å². The van der Waals surface area contributed by atoms with Crippen molar-refractivity contribution in [1.82, 2.24) is 5.32 Å². The van der Waals surface area contributed by atoms with E-state index in [4.69, 9.17) is 28.6 Å². The third-order valence-electron chi connectivity index (χ3n) is 3.14. The molecule has 0 bridgehead atoms. The predicted molar refractivity (Wildman–Crippen MR) is 102 cm³/mol. The van der Waals surface area contributed by atoms with Gasteiger partial charge in [0.2, 0.25) is 0 Å². The molecule has 8 heteroatoms. The lowest BCUT2D eigenvalue weighted by Gasteiger charge is -2.13. The third kappa shape index (κ3) is 5.44. The van der Waals surface area contributed by atoms with Gasteiger partial charge in [-0.15, -0.1) is 0 Å². The lowest BCUT2D eigenvalue weighted by Crippen LogP contribution is -2.34. The standard InChI is InChI=1S/C18H17ClN2O4S/c1-10(2)25-13-5-3-4-11(8-13)16(22)21-18(26)20-12-6-7-15(19)14(9-12)17(23)24/h3-10H,1-2H3,(H,23,24)(H2,20,21,22,26)/p-1. The van der Waals surface area contributed by atoms with Crippen molar-refractivity contribution in [1.29, 1.82) is 0 Å². The number of benzene rings is 2. The second kappa shape index (κ2) is 8.64. The van der Waals surface area contributed by atoms with E-state index in [2.05, 4.69) is 10.6 Å². The first-order chi connectivity index (χ1) is 12.3. The molecule has 0 spiro atoms. The Morgan fingerprint density at radius 2 is 1.92 bits per heavy atom. The summed E-state index contributed by atoms with van der Waals surface area (Å²) in [6.07, 6.45) is -0.0149. The molecular formula is C18H16ClN2O4S-. The molecule has 0 saturated carbocycles. The van der Waals surface area contributed by atoms with Gasteiger partial charge in [-0.2, -0.15) is 0 Å². The van der Waals surface area contributed by atoms with Crippen molar-refractivity contribution in [2.45, 2.75) is 20.0 Å². The number of amides is 1. The molecule has 2 N–H and O–H groups in total. The van der Waals surface area contributed by atoms with Crippen LogP contribution in [0, 0.1) is 0 Å². The Kier molecular flexibility index (Phi) is 6.54. The van der Waals surface area contributed by atoms with Crippen LogP contribution in [0.4, 0.5) is 5.69 Å². The number of nitrogens with one attached hydrogen (secondary N) is 2. The molecule has 0 aliphatic heterocycles. The van der Waals surface area contributed by atoms with E-state index in [1.807, 2.05) is 13.8 Å². The smallest absolute Gasteiger partial charge is 0.257 e. The van der Waals surface area contributed by atoms with Gasteiger partial charge in [0.15, 0.2) is 5.11 Å². The molecule has 2 aromatic carbocycles. The van der Waals surface area contributed by atoms with Gasteiger partial charge >= 0.3 is 0 Å². The molecule has 0 aromatic heterocycles. The molecule has 136 valence electrons. The summed E-state index contributed by atoms with van der Waals surface area (Å²) in [4.78, 5) is 23.3. The third-order valence-corrected chi connectivity index (χ3v) is 3.67. The highest BCUT2D eigenvalue weighted by atomic mass is 35.5. The number of carbonyl (C=O) groups excluding carboxylic acids is 2. The molecule has 1 amide bonds. The highest BCUT2D eigenvalue weighted by molar-refractivity contribution is 7.80. The van der Waals surface area contributed by atoms with E-state index in [0.29, 0.717) is 17.0 Å². The summed E-state index contributed by atoms with van der Waals surface area (Å²) in [5, 5.41) is 16.3. The van der Waals surface area contributed by atoms with Crippen LogP contribution in [0.15, 0.2) is 42.5 Å². The van der Waals surface area contributed by atoms with E-state index in [9.17, 15) is 14.7 Å². The number of ether oxygens (including phenoxy) is 1. The zero-order chi connectivity index (χ0) is 19.3. The van der Waals surface area contributed by atoms with Crippen LogP contribution in [0.1, 0.15) is 34.6 Å². The summed E-state index contributed by atoms with van der Waals surface area (Å²) in [6.45, 7) is 3.78. The fourth-order valence-corrected chi connectivity index (χ4v) is 2.49. The summed E-state index contributed by atoms with van der Waals surface area (Å²) >= 11 is 10.9. The summed E-state index contributed by atoms with van der Waals surface area (Å²) in [5.41, 5.74) is 0.555. The van der Waals surface area contributed by atoms with Crippen molar-refractivity contribution < 1.29 is 19.4 Å². The highest BCUT2D eigenvalue weighted by Gasteiger charge is 2.10. The van der Waals surface area contributed by atoms with Crippen LogP contribution < -0.4 is 20.5 Å². The Hall–Kier alpha value is -2.64. The second-order valence-electron chi connectivity index (χ2n) is 5.58. The first kappa shape index (κ1) is 19.7. The molecule has 0 heterocycles. The lowest BCUT2D eigenvalue weighted by atomic mass is 10.2. The molecule has 0 fully saturated rings. The van der Waals surface area contributed by atoms with Crippen molar-refractivity contribution in [3.63, 3.8) is 0 Å². The second-order valence-corrected chi connectivity index (χ2v) is 6.40. The summed E-state index contributed by atoms with van der Waals surface area (Å²) in [5.74, 6) is -1.26. The molecule has 2 rings (SSSR count). The minimum Gasteiger partial charge on any atom is -0.545 e. The molecule has 26 heavy (non-hydrogen) atoms. The van der Waals surface area contributed by atoms with E-state index >= 15 is 0 Å². The minimum atomic E-state index is -1.41. The van der Waals surface area contributed by atoms with Crippen LogP contribution in [0.2, 0.25) is 5.02 Å². The van der Waals surface area contributed by atoms with Crippen molar-refractivity contribution >= 4 is 46.5 Å². The van der Waals surface area contributed by atoms with Crippen LogP contribution in [0.5, 0.6) is 5.75 Å². The number of thiocarbonyl (C=S) groups is 1. The monoisotopic (exact) mass is 391 g/mol. The Labute approximate surface area is 161 Å². The van der Waals surface area contributed by atoms with Gasteiger partial charge in [0, 0.05) is 21.8 Å². The molecule has 0 aliphatic carbocycles. The number of hydrogen-bond acceptors (Lipinski definition) is 5. The molecule has 0 unspecified atom stereocenters. The van der Waals surface area contributed by atoms with Gasteiger partial charge in [0.1, 0.15) is 5.75 Å². The lowest BCUT2D eigenvalue weighted by molar-refractivity contribution is -0.255. The maximum atomic E-state index is 12.3. The Morgan fingerprint density at radius 3 is 2.58 bits per heavy atom.